The molecule has 0 radical (unpaired) electrons. The van der Waals surface area contributed by atoms with Gasteiger partial charge in [0.15, 0.2) is 14.1 Å². The lowest BCUT2D eigenvalue weighted by molar-refractivity contribution is -0.114. The maximum absolute atomic E-state index is 11.8. The van der Waals surface area contributed by atoms with Crippen LogP contribution in [0, 0.1) is 0 Å². The predicted octanol–water partition coefficient (Wildman–Crippen LogP) is 4.39. The lowest BCUT2D eigenvalue weighted by Crippen LogP contribution is -2.43. The normalized spacial score (nSPS) is 24.7. The molecule has 0 saturated heterocycles. The molecule has 0 heterocycles. The fraction of sp³-hybridized carbons (Fsp3) is 0.688. The number of ketones is 1. The fourth-order valence-corrected chi connectivity index (χ4v) is 3.86. The Morgan fingerprint density at radius 3 is 2.47 bits per heavy atom. The highest BCUT2D eigenvalue weighted by atomic mass is 28.4. The Morgan fingerprint density at radius 2 is 1.95 bits per heavy atom. The lowest BCUT2D eigenvalue weighted by Gasteiger charge is -2.38. The largest absolute Gasteiger partial charge is 0.413 e. The second kappa shape index (κ2) is 5.02. The molecule has 0 fully saturated rings. The molecule has 2 aliphatic rings. The molecule has 19 heavy (non-hydrogen) atoms. The van der Waals surface area contributed by atoms with Gasteiger partial charge in [-0.1, -0.05) is 32.9 Å². The highest BCUT2D eigenvalue weighted by Gasteiger charge is 2.40. The first-order valence-electron chi connectivity index (χ1n) is 7.31. The van der Waals surface area contributed by atoms with Crippen molar-refractivity contribution < 1.29 is 9.22 Å². The van der Waals surface area contributed by atoms with Gasteiger partial charge < -0.3 is 4.43 Å². The van der Waals surface area contributed by atoms with Gasteiger partial charge >= 0.3 is 0 Å². The molecule has 0 N–H and O–H groups in total. The molecule has 3 heteroatoms. The van der Waals surface area contributed by atoms with Crippen LogP contribution in [0.25, 0.3) is 0 Å². The van der Waals surface area contributed by atoms with Gasteiger partial charge in [0.25, 0.3) is 0 Å². The number of carbonyl (C=O) groups excluding carboxylic acids is 1. The Balaban J connectivity index is 1.97. The molecule has 0 amide bonds. The van der Waals surface area contributed by atoms with Gasteiger partial charge in [-0.05, 0) is 43.0 Å². The quantitative estimate of drug-likeness (QED) is 0.716. The van der Waals surface area contributed by atoms with Crippen LogP contribution in [-0.4, -0.2) is 20.2 Å². The van der Waals surface area contributed by atoms with Crippen LogP contribution in [0.2, 0.25) is 18.1 Å². The average Bonchev–Trinajstić information content (AvgIpc) is 2.84. The third kappa shape index (κ3) is 3.08. The van der Waals surface area contributed by atoms with Crippen molar-refractivity contribution in [2.24, 2.45) is 0 Å². The first-order chi connectivity index (χ1) is 8.71. The summed E-state index contributed by atoms with van der Waals surface area (Å²) in [4.78, 5) is 11.8. The predicted molar refractivity (Wildman–Crippen MR) is 81.7 cm³/mol. The standard InChI is InChI=1S/C16H26O2Si/c1-16(2,3)19(4,5)18-13-10-9-12(11-13)14-7-6-8-15(14)17/h7,9,13H,6,8,10-11H2,1-5H3/t13-/m1/s1. The highest BCUT2D eigenvalue weighted by molar-refractivity contribution is 6.74. The molecule has 0 saturated carbocycles. The molecule has 0 aromatic rings. The van der Waals surface area contributed by atoms with Crippen LogP contribution < -0.4 is 0 Å². The Labute approximate surface area is 118 Å². The van der Waals surface area contributed by atoms with E-state index in [2.05, 4.69) is 46.0 Å². The molecule has 0 bridgehead atoms. The minimum absolute atomic E-state index is 0.248. The van der Waals surface area contributed by atoms with E-state index >= 15 is 0 Å². The zero-order valence-corrected chi connectivity index (χ0v) is 13.9. The number of allylic oxidation sites excluding steroid dienone is 2. The Bertz CT molecular complexity index is 438. The molecule has 1 atom stereocenters. The SMILES string of the molecule is CC(C)(C)[Si](C)(C)O[C@@H]1CC=C(C2=CCCC2=O)C1. The van der Waals surface area contributed by atoms with Crippen LogP contribution in [0.15, 0.2) is 23.3 Å². The van der Waals surface area contributed by atoms with E-state index in [9.17, 15) is 4.79 Å². The Kier molecular flexibility index (Phi) is 3.89. The first-order valence-corrected chi connectivity index (χ1v) is 10.2. The van der Waals surface area contributed by atoms with Crippen LogP contribution in [-0.2, 0) is 9.22 Å². The van der Waals surface area contributed by atoms with E-state index in [1.54, 1.807) is 0 Å². The first kappa shape index (κ1) is 14.7. The zero-order chi connectivity index (χ0) is 14.3. The van der Waals surface area contributed by atoms with Crippen molar-refractivity contribution in [2.75, 3.05) is 0 Å². The molecule has 2 aliphatic carbocycles. The summed E-state index contributed by atoms with van der Waals surface area (Å²) in [6.07, 6.45) is 8.09. The number of carbonyl (C=O) groups is 1. The van der Waals surface area contributed by atoms with Crippen molar-refractivity contribution in [3.05, 3.63) is 23.3 Å². The second-order valence-electron chi connectivity index (χ2n) is 7.25. The Morgan fingerprint density at radius 1 is 1.26 bits per heavy atom. The van der Waals surface area contributed by atoms with Gasteiger partial charge in [0.05, 0.1) is 6.10 Å². The molecule has 0 aliphatic heterocycles. The molecule has 0 aromatic heterocycles. The van der Waals surface area contributed by atoms with E-state index in [4.69, 9.17) is 4.43 Å². The van der Waals surface area contributed by atoms with Crippen LogP contribution in [0.3, 0.4) is 0 Å². The highest BCUT2D eigenvalue weighted by Crippen LogP contribution is 2.40. The summed E-state index contributed by atoms with van der Waals surface area (Å²) in [5, 5.41) is 0.248. The molecular weight excluding hydrogens is 252 g/mol. The van der Waals surface area contributed by atoms with Crippen molar-refractivity contribution in [3.63, 3.8) is 0 Å². The minimum atomic E-state index is -1.69. The molecule has 0 aromatic carbocycles. The lowest BCUT2D eigenvalue weighted by atomic mass is 10.0. The van der Waals surface area contributed by atoms with Gasteiger partial charge in [-0.15, -0.1) is 0 Å². The van der Waals surface area contributed by atoms with Crippen molar-refractivity contribution in [1.82, 2.24) is 0 Å². The van der Waals surface area contributed by atoms with Crippen molar-refractivity contribution in [3.8, 4) is 0 Å². The molecular formula is C16H26O2Si. The van der Waals surface area contributed by atoms with Crippen LogP contribution in [0.1, 0.15) is 46.5 Å². The number of rotatable bonds is 3. The van der Waals surface area contributed by atoms with Gasteiger partial charge in [0, 0.05) is 12.0 Å². The van der Waals surface area contributed by atoms with Crippen molar-refractivity contribution in [1.29, 1.82) is 0 Å². The van der Waals surface area contributed by atoms with Crippen molar-refractivity contribution >= 4 is 14.1 Å². The molecule has 0 spiro atoms. The minimum Gasteiger partial charge on any atom is -0.413 e. The van der Waals surface area contributed by atoms with Gasteiger partial charge in [-0.2, -0.15) is 0 Å². The molecule has 2 nitrogen and oxygen atoms in total. The van der Waals surface area contributed by atoms with E-state index in [0.29, 0.717) is 12.2 Å². The summed E-state index contributed by atoms with van der Waals surface area (Å²) in [7, 11) is -1.69. The number of Topliss-reactive ketones (excluding diaryl/α,β-unsaturated/α-hetero) is 1. The monoisotopic (exact) mass is 278 g/mol. The van der Waals surface area contributed by atoms with Gasteiger partial charge in [0.1, 0.15) is 0 Å². The smallest absolute Gasteiger partial charge is 0.192 e. The summed E-state index contributed by atoms with van der Waals surface area (Å²) >= 11 is 0. The summed E-state index contributed by atoms with van der Waals surface area (Å²) < 4.78 is 6.44. The summed E-state index contributed by atoms with van der Waals surface area (Å²) in [6.45, 7) is 11.4. The summed E-state index contributed by atoms with van der Waals surface area (Å²) in [5.74, 6) is 0.319. The van der Waals surface area contributed by atoms with E-state index in [-0.39, 0.29) is 11.1 Å². The van der Waals surface area contributed by atoms with Crippen LogP contribution in [0.5, 0.6) is 0 Å². The molecule has 2 rings (SSSR count). The van der Waals surface area contributed by atoms with Crippen LogP contribution >= 0.6 is 0 Å². The zero-order valence-electron chi connectivity index (χ0n) is 12.9. The number of hydrogen-bond acceptors (Lipinski definition) is 2. The van der Waals surface area contributed by atoms with Gasteiger partial charge in [-0.3, -0.25) is 4.79 Å². The molecule has 0 unspecified atom stereocenters. The van der Waals surface area contributed by atoms with E-state index in [1.165, 1.54) is 5.57 Å². The van der Waals surface area contributed by atoms with E-state index < -0.39 is 8.32 Å². The van der Waals surface area contributed by atoms with Gasteiger partial charge in [-0.25, -0.2) is 0 Å². The Hall–Kier alpha value is -0.673. The third-order valence-electron chi connectivity index (χ3n) is 4.71. The molecule has 106 valence electrons. The fourth-order valence-electron chi connectivity index (χ4n) is 2.50. The van der Waals surface area contributed by atoms with Gasteiger partial charge in [0.2, 0.25) is 0 Å². The average molecular weight is 278 g/mol. The van der Waals surface area contributed by atoms with Crippen LogP contribution in [0.4, 0.5) is 0 Å². The maximum atomic E-state index is 11.8. The maximum Gasteiger partial charge on any atom is 0.192 e. The third-order valence-corrected chi connectivity index (χ3v) is 9.24. The van der Waals surface area contributed by atoms with Crippen molar-refractivity contribution in [2.45, 2.75) is 70.7 Å². The summed E-state index contributed by atoms with van der Waals surface area (Å²) in [6, 6.07) is 0. The second-order valence-corrected chi connectivity index (χ2v) is 12.0. The van der Waals surface area contributed by atoms with E-state index in [1.807, 2.05) is 0 Å². The number of hydrogen-bond donors (Lipinski definition) is 0. The summed E-state index contributed by atoms with van der Waals surface area (Å²) in [5.41, 5.74) is 2.20. The topological polar surface area (TPSA) is 26.3 Å². The van der Waals surface area contributed by atoms with E-state index in [0.717, 1.165) is 24.8 Å².